The molecule has 0 spiro atoms. The molecule has 6 nitrogen and oxygen atoms in total. The first-order valence-electron chi connectivity index (χ1n) is 5.46. The van der Waals surface area contributed by atoms with Gasteiger partial charge in [0.25, 0.3) is 0 Å². The summed E-state index contributed by atoms with van der Waals surface area (Å²) in [5, 5.41) is 11.2. The molecule has 2 N–H and O–H groups in total. The molecule has 0 heterocycles. The van der Waals surface area contributed by atoms with Crippen molar-refractivity contribution in [2.24, 2.45) is 9.98 Å². The topological polar surface area (TPSA) is 93.9 Å². The Morgan fingerprint density at radius 2 is 1.95 bits per heavy atom. The van der Waals surface area contributed by atoms with Gasteiger partial charge in [-0.1, -0.05) is 0 Å². The Kier molecular flexibility index (Phi) is 5.40. The molecule has 0 aliphatic heterocycles. The number of nitrogens with zero attached hydrogens (tertiary/aromatic N) is 3. The monoisotopic (exact) mass is 375 g/mol. The summed E-state index contributed by atoms with van der Waals surface area (Å²) in [7, 11) is 0. The van der Waals surface area contributed by atoms with Gasteiger partial charge in [0.2, 0.25) is 0 Å². The number of alkyl halides is 2. The fourth-order valence-corrected chi connectivity index (χ4v) is 2.98. The van der Waals surface area contributed by atoms with Crippen molar-refractivity contribution in [2.45, 2.75) is 13.3 Å². The third-order valence-corrected chi connectivity index (χ3v) is 4.50. The summed E-state index contributed by atoms with van der Waals surface area (Å²) in [4.78, 5) is 20.4. The van der Waals surface area contributed by atoms with Crippen LogP contribution in [-0.4, -0.2) is 27.7 Å². The van der Waals surface area contributed by atoms with Gasteiger partial charge in [-0.25, -0.2) is 0 Å². The standard InChI is InChI=1S/C12H16IN4O2/c1-7-8(5-6-13-2)10(15-3)12(17(18)19)11(16-4)9(7)14/h3-6,14H2,1-2H3/q-1. The summed E-state index contributed by atoms with van der Waals surface area (Å²) in [6.45, 7) is 8.62. The second-order valence-corrected chi connectivity index (χ2v) is 6.45. The van der Waals surface area contributed by atoms with Crippen LogP contribution in [0.4, 0.5) is 22.7 Å². The van der Waals surface area contributed by atoms with Crippen molar-refractivity contribution in [3.8, 4) is 0 Å². The molecule has 0 aliphatic rings. The van der Waals surface area contributed by atoms with Gasteiger partial charge < -0.3 is 0 Å². The molecule has 0 aliphatic carbocycles. The van der Waals surface area contributed by atoms with Gasteiger partial charge in [0, 0.05) is 0 Å². The van der Waals surface area contributed by atoms with Gasteiger partial charge in [-0.3, -0.25) is 0 Å². The molecule has 7 heteroatoms. The van der Waals surface area contributed by atoms with Crippen LogP contribution in [0.3, 0.4) is 0 Å². The minimum absolute atomic E-state index is 0.0832. The van der Waals surface area contributed by atoms with E-state index in [4.69, 9.17) is 5.73 Å². The number of benzene rings is 1. The molecule has 104 valence electrons. The Morgan fingerprint density at radius 1 is 1.37 bits per heavy atom. The first-order chi connectivity index (χ1) is 8.99. The number of hydrogen-bond acceptors (Lipinski definition) is 5. The van der Waals surface area contributed by atoms with Crippen LogP contribution in [0.1, 0.15) is 11.1 Å². The van der Waals surface area contributed by atoms with E-state index in [9.17, 15) is 10.1 Å². The summed E-state index contributed by atoms with van der Waals surface area (Å²) in [5.74, 6) is 0. The molecule has 1 rings (SSSR count). The SMILES string of the molecule is C=Nc1c(N)c(C)c(CC[I-]C)c(N=C)c1[N+](=O)[O-]. The van der Waals surface area contributed by atoms with Crippen LogP contribution < -0.4 is 26.9 Å². The second kappa shape index (κ2) is 6.60. The predicted molar refractivity (Wildman–Crippen MR) is 75.2 cm³/mol. The van der Waals surface area contributed by atoms with Crippen LogP contribution in [0.15, 0.2) is 9.98 Å². The number of halogens is 1. The Balaban J connectivity index is 3.69. The van der Waals surface area contributed by atoms with Gasteiger partial charge in [-0.05, 0) is 0 Å². The molecule has 1 aromatic rings. The fraction of sp³-hybridized carbons (Fsp3) is 0.333. The average Bonchev–Trinajstić information content (AvgIpc) is 2.39. The quantitative estimate of drug-likeness (QED) is 0.180. The number of nitrogen functional groups attached to an aromatic ring is 1. The van der Waals surface area contributed by atoms with Crippen molar-refractivity contribution in [3.63, 3.8) is 0 Å². The molecular formula is C12H16IN4O2-. The number of aliphatic imine (C=N–C) groups is 2. The fourth-order valence-electron chi connectivity index (χ4n) is 1.90. The van der Waals surface area contributed by atoms with Gasteiger partial charge in [0.15, 0.2) is 0 Å². The molecule has 0 amide bonds. The van der Waals surface area contributed by atoms with Crippen LogP contribution >= 0.6 is 0 Å². The van der Waals surface area contributed by atoms with Gasteiger partial charge in [-0.2, -0.15) is 0 Å². The molecular weight excluding hydrogens is 359 g/mol. The number of anilines is 1. The molecule has 0 saturated carbocycles. The third-order valence-electron chi connectivity index (χ3n) is 2.88. The molecule has 0 fully saturated rings. The summed E-state index contributed by atoms with van der Waals surface area (Å²) < 4.78 is 1.01. The Hall–Kier alpha value is -1.51. The van der Waals surface area contributed by atoms with E-state index in [1.165, 1.54) is 0 Å². The van der Waals surface area contributed by atoms with Crippen molar-refractivity contribution >= 4 is 36.2 Å². The summed E-state index contributed by atoms with van der Waals surface area (Å²) in [5.41, 5.74) is 7.99. The first kappa shape index (κ1) is 15.5. The summed E-state index contributed by atoms with van der Waals surface area (Å²) >= 11 is 0.0949. The molecule has 0 saturated heterocycles. The van der Waals surface area contributed by atoms with E-state index in [0.717, 1.165) is 22.0 Å². The van der Waals surface area contributed by atoms with Crippen molar-refractivity contribution in [2.75, 3.05) is 15.1 Å². The van der Waals surface area contributed by atoms with Gasteiger partial charge in [0.1, 0.15) is 0 Å². The van der Waals surface area contributed by atoms with Crippen LogP contribution in [0.25, 0.3) is 0 Å². The summed E-state index contributed by atoms with van der Waals surface area (Å²) in [6, 6.07) is 0. The average molecular weight is 375 g/mol. The molecule has 0 radical (unpaired) electrons. The molecule has 1 aromatic carbocycles. The minimum atomic E-state index is -0.520. The van der Waals surface area contributed by atoms with E-state index in [1.54, 1.807) is 0 Å². The van der Waals surface area contributed by atoms with Crippen molar-refractivity contribution in [3.05, 3.63) is 21.2 Å². The van der Waals surface area contributed by atoms with E-state index in [2.05, 4.69) is 28.4 Å². The number of hydrogen-bond donors (Lipinski definition) is 1. The van der Waals surface area contributed by atoms with Crippen LogP contribution in [0, 0.1) is 17.0 Å². The third kappa shape index (κ3) is 2.91. The molecule has 0 atom stereocenters. The maximum atomic E-state index is 11.2. The number of rotatable bonds is 6. The van der Waals surface area contributed by atoms with E-state index < -0.39 is 4.92 Å². The Bertz CT molecular complexity index is 543. The van der Waals surface area contributed by atoms with Crippen molar-refractivity contribution < 1.29 is 26.1 Å². The van der Waals surface area contributed by atoms with Crippen LogP contribution in [0.5, 0.6) is 0 Å². The normalized spacial score (nSPS) is 10.4. The van der Waals surface area contributed by atoms with E-state index >= 15 is 0 Å². The van der Waals surface area contributed by atoms with Crippen molar-refractivity contribution in [1.29, 1.82) is 0 Å². The molecule has 0 unspecified atom stereocenters. The van der Waals surface area contributed by atoms with Gasteiger partial charge in [0.05, 0.1) is 0 Å². The van der Waals surface area contributed by atoms with Gasteiger partial charge >= 0.3 is 122 Å². The molecule has 0 bridgehead atoms. The number of nitro benzene ring substituents is 1. The second-order valence-electron chi connectivity index (χ2n) is 3.84. The number of nitrogens with two attached hydrogens (primary N) is 1. The first-order valence-corrected chi connectivity index (χ1v) is 9.14. The number of nitro groups is 1. The Morgan fingerprint density at radius 3 is 2.37 bits per heavy atom. The zero-order chi connectivity index (χ0) is 14.6. The molecule has 0 aromatic heterocycles. The zero-order valence-electron chi connectivity index (χ0n) is 10.9. The molecule has 19 heavy (non-hydrogen) atoms. The maximum absolute atomic E-state index is 11.2. The van der Waals surface area contributed by atoms with Crippen LogP contribution in [-0.2, 0) is 6.42 Å². The zero-order valence-corrected chi connectivity index (χ0v) is 13.1. The van der Waals surface area contributed by atoms with E-state index in [-0.39, 0.29) is 38.3 Å². The van der Waals surface area contributed by atoms with Gasteiger partial charge in [-0.15, -0.1) is 0 Å². The van der Waals surface area contributed by atoms with Crippen LogP contribution in [0.2, 0.25) is 0 Å². The predicted octanol–water partition coefficient (Wildman–Crippen LogP) is -0.589. The van der Waals surface area contributed by atoms with E-state index in [0.29, 0.717) is 5.69 Å². The Labute approximate surface area is 122 Å². The van der Waals surface area contributed by atoms with E-state index in [1.807, 2.05) is 6.92 Å². The summed E-state index contributed by atoms with van der Waals surface area (Å²) in [6.07, 6.45) is 0.729. The van der Waals surface area contributed by atoms with Crippen molar-refractivity contribution in [1.82, 2.24) is 0 Å².